The summed E-state index contributed by atoms with van der Waals surface area (Å²) in [4.78, 5) is 14.4. The van der Waals surface area contributed by atoms with Crippen molar-refractivity contribution >= 4 is 17.3 Å². The SMILES string of the molecule is CC[S+]([O-])N[C@H]1[C@@H](F)CN(C(=O)C2CC2)[C@H]1Cc1cccc(-c2cc(F)cc(F)c2)c1. The number of halogens is 3. The molecule has 1 unspecified atom stereocenters. The van der Waals surface area contributed by atoms with Crippen molar-refractivity contribution in [3.05, 3.63) is 59.7 Å². The van der Waals surface area contributed by atoms with Crippen LogP contribution in [0.3, 0.4) is 0 Å². The summed E-state index contributed by atoms with van der Waals surface area (Å²) in [7, 11) is 0. The lowest BCUT2D eigenvalue weighted by atomic mass is 9.96. The Kier molecular flexibility index (Phi) is 6.60. The van der Waals surface area contributed by atoms with E-state index in [1.807, 2.05) is 6.07 Å². The van der Waals surface area contributed by atoms with Crippen LogP contribution in [0.2, 0.25) is 0 Å². The van der Waals surface area contributed by atoms with Crippen molar-refractivity contribution in [3.63, 3.8) is 0 Å². The van der Waals surface area contributed by atoms with Crippen molar-refractivity contribution < 1.29 is 22.5 Å². The first-order chi connectivity index (χ1) is 14.9. The molecule has 0 radical (unpaired) electrons. The van der Waals surface area contributed by atoms with E-state index >= 15 is 0 Å². The zero-order valence-corrected chi connectivity index (χ0v) is 18.0. The van der Waals surface area contributed by atoms with E-state index in [9.17, 15) is 22.5 Å². The second-order valence-corrected chi connectivity index (χ2v) is 9.69. The van der Waals surface area contributed by atoms with E-state index in [-0.39, 0.29) is 18.4 Å². The summed E-state index contributed by atoms with van der Waals surface area (Å²) in [5, 5.41) is 0. The largest absolute Gasteiger partial charge is 0.598 e. The van der Waals surface area contributed by atoms with Gasteiger partial charge in [-0.15, -0.1) is 4.72 Å². The molecular weight excluding hydrogens is 425 g/mol. The van der Waals surface area contributed by atoms with Gasteiger partial charge in [-0.05, 0) is 55.0 Å². The van der Waals surface area contributed by atoms with Crippen LogP contribution in [0.4, 0.5) is 13.2 Å². The van der Waals surface area contributed by atoms with Gasteiger partial charge in [0, 0.05) is 23.3 Å². The number of rotatable bonds is 7. The zero-order valence-electron chi connectivity index (χ0n) is 17.2. The molecule has 1 N–H and O–H groups in total. The van der Waals surface area contributed by atoms with E-state index in [4.69, 9.17) is 0 Å². The van der Waals surface area contributed by atoms with Gasteiger partial charge >= 0.3 is 0 Å². The smallest absolute Gasteiger partial charge is 0.226 e. The van der Waals surface area contributed by atoms with Gasteiger partial charge in [-0.2, -0.15) is 0 Å². The Morgan fingerprint density at radius 2 is 1.87 bits per heavy atom. The first-order valence-corrected chi connectivity index (χ1v) is 11.8. The highest BCUT2D eigenvalue weighted by molar-refractivity contribution is 7.89. The fourth-order valence-electron chi connectivity index (χ4n) is 4.15. The summed E-state index contributed by atoms with van der Waals surface area (Å²) in [6.45, 7) is 1.72. The molecule has 1 saturated heterocycles. The predicted molar refractivity (Wildman–Crippen MR) is 114 cm³/mol. The van der Waals surface area contributed by atoms with Gasteiger partial charge in [-0.1, -0.05) is 24.3 Å². The number of alkyl halides is 1. The molecule has 1 amide bonds. The number of amides is 1. The fraction of sp³-hybridized carbons (Fsp3) is 0.435. The first kappa shape index (κ1) is 22.2. The number of nitrogens with zero attached hydrogens (tertiary/aromatic N) is 1. The predicted octanol–water partition coefficient (Wildman–Crippen LogP) is 3.78. The van der Waals surface area contributed by atoms with Crippen molar-refractivity contribution in [1.82, 2.24) is 9.62 Å². The molecule has 0 spiro atoms. The second-order valence-electron chi connectivity index (χ2n) is 8.19. The van der Waals surface area contributed by atoms with E-state index in [1.165, 1.54) is 12.1 Å². The summed E-state index contributed by atoms with van der Waals surface area (Å²) in [6.07, 6.45) is 0.670. The Morgan fingerprint density at radius 1 is 1.16 bits per heavy atom. The molecule has 166 valence electrons. The third kappa shape index (κ3) is 5.07. The Morgan fingerprint density at radius 3 is 2.52 bits per heavy atom. The maximum atomic E-state index is 14.9. The molecule has 31 heavy (non-hydrogen) atoms. The molecule has 8 heteroatoms. The van der Waals surface area contributed by atoms with Crippen LogP contribution >= 0.6 is 0 Å². The molecule has 1 saturated carbocycles. The molecular formula is C23H25F3N2O2S. The Hall–Kier alpha value is -2.03. The zero-order chi connectivity index (χ0) is 22.1. The number of carbonyl (C=O) groups excluding carboxylic acids is 1. The average molecular weight is 451 g/mol. The van der Waals surface area contributed by atoms with Crippen LogP contribution in [0.5, 0.6) is 0 Å². The van der Waals surface area contributed by atoms with Crippen LogP contribution in [-0.4, -0.2) is 45.9 Å². The minimum absolute atomic E-state index is 0.0205. The molecule has 0 bridgehead atoms. The molecule has 2 fully saturated rings. The number of nitrogens with one attached hydrogen (secondary N) is 1. The molecule has 4 atom stereocenters. The number of hydrogen-bond acceptors (Lipinski definition) is 3. The lowest BCUT2D eigenvalue weighted by Gasteiger charge is -2.28. The van der Waals surface area contributed by atoms with Crippen LogP contribution in [-0.2, 0) is 22.6 Å². The lowest BCUT2D eigenvalue weighted by molar-refractivity contribution is -0.133. The minimum Gasteiger partial charge on any atom is -0.598 e. The summed E-state index contributed by atoms with van der Waals surface area (Å²) in [6, 6.07) is 9.27. The first-order valence-electron chi connectivity index (χ1n) is 10.5. The van der Waals surface area contributed by atoms with Crippen molar-refractivity contribution in [2.45, 2.75) is 44.4 Å². The summed E-state index contributed by atoms with van der Waals surface area (Å²) in [5.41, 5.74) is 1.85. The summed E-state index contributed by atoms with van der Waals surface area (Å²) in [5.74, 6) is -1.09. The fourth-order valence-corrected chi connectivity index (χ4v) is 4.93. The van der Waals surface area contributed by atoms with Crippen LogP contribution < -0.4 is 4.72 Å². The highest BCUT2D eigenvalue weighted by Gasteiger charge is 2.49. The Balaban J connectivity index is 1.61. The molecule has 1 heterocycles. The van der Waals surface area contributed by atoms with E-state index < -0.39 is 41.3 Å². The van der Waals surface area contributed by atoms with Crippen LogP contribution in [0.1, 0.15) is 25.3 Å². The monoisotopic (exact) mass is 450 g/mol. The standard InChI is InChI=1S/C23H25F3N2O2S/c1-2-31(30)27-22-20(26)13-28(23(29)15-6-7-15)21(22)9-14-4-3-5-16(8-14)17-10-18(24)12-19(25)11-17/h3-5,8,10-12,15,20-22,27H,2,6-7,9,13H2,1H3/t20-,21-,22-,31?/m0/s1. The van der Waals surface area contributed by atoms with Crippen molar-refractivity contribution in [2.75, 3.05) is 12.3 Å². The normalized spacial score (nSPS) is 24.4. The van der Waals surface area contributed by atoms with Gasteiger partial charge in [0.2, 0.25) is 5.91 Å². The maximum Gasteiger partial charge on any atom is 0.226 e. The van der Waals surface area contributed by atoms with E-state index in [0.29, 0.717) is 23.3 Å². The van der Waals surface area contributed by atoms with Crippen LogP contribution in [0, 0.1) is 17.6 Å². The van der Waals surface area contributed by atoms with Gasteiger partial charge in [0.15, 0.2) is 0 Å². The highest BCUT2D eigenvalue weighted by Crippen LogP contribution is 2.35. The number of likely N-dealkylation sites (tertiary alicyclic amines) is 1. The topological polar surface area (TPSA) is 55.4 Å². The molecule has 2 aromatic carbocycles. The van der Waals surface area contributed by atoms with Crippen LogP contribution in [0.25, 0.3) is 11.1 Å². The summed E-state index contributed by atoms with van der Waals surface area (Å²) < 4.78 is 57.1. The minimum atomic E-state index is -1.39. The van der Waals surface area contributed by atoms with E-state index in [2.05, 4.69) is 4.72 Å². The van der Waals surface area contributed by atoms with Crippen LogP contribution in [0.15, 0.2) is 42.5 Å². The van der Waals surface area contributed by atoms with Crippen molar-refractivity contribution in [3.8, 4) is 11.1 Å². The van der Waals surface area contributed by atoms with Gasteiger partial charge in [0.05, 0.1) is 12.6 Å². The quantitative estimate of drug-likeness (QED) is 0.654. The number of hydrogen-bond donors (Lipinski definition) is 1. The average Bonchev–Trinajstić information content (AvgIpc) is 3.54. The molecule has 1 aliphatic carbocycles. The Labute approximate surface area is 183 Å². The van der Waals surface area contributed by atoms with Crippen molar-refractivity contribution in [2.24, 2.45) is 5.92 Å². The van der Waals surface area contributed by atoms with Gasteiger partial charge < -0.3 is 9.45 Å². The van der Waals surface area contributed by atoms with Gasteiger partial charge in [-0.3, -0.25) is 4.79 Å². The molecule has 4 rings (SSSR count). The van der Waals surface area contributed by atoms with Gasteiger partial charge in [0.25, 0.3) is 0 Å². The second kappa shape index (κ2) is 9.22. The van der Waals surface area contributed by atoms with Gasteiger partial charge in [-0.25, -0.2) is 13.2 Å². The molecule has 2 aromatic rings. The van der Waals surface area contributed by atoms with E-state index in [1.54, 1.807) is 30.0 Å². The van der Waals surface area contributed by atoms with E-state index in [0.717, 1.165) is 24.5 Å². The van der Waals surface area contributed by atoms with Crippen molar-refractivity contribution in [1.29, 1.82) is 0 Å². The third-order valence-electron chi connectivity index (χ3n) is 5.88. The number of carbonyl (C=O) groups is 1. The molecule has 4 nitrogen and oxygen atoms in total. The number of benzene rings is 2. The molecule has 1 aliphatic heterocycles. The highest BCUT2D eigenvalue weighted by atomic mass is 32.2. The molecule has 2 aliphatic rings. The summed E-state index contributed by atoms with van der Waals surface area (Å²) >= 11 is -1.39. The van der Waals surface area contributed by atoms with Gasteiger partial charge in [0.1, 0.15) is 29.6 Å². The Bertz CT molecular complexity index is 936. The third-order valence-corrected chi connectivity index (χ3v) is 6.94. The molecule has 0 aromatic heterocycles. The lowest BCUT2D eigenvalue weighted by Crippen LogP contribution is -2.50. The maximum absolute atomic E-state index is 14.9.